The normalized spacial score (nSPS) is 28.3. The maximum absolute atomic E-state index is 12.9. The number of carbonyl (C=O) groups excluding carboxylic acids is 4. The molecule has 9 heteroatoms. The molecule has 31 heavy (non-hydrogen) atoms. The molecule has 5 amide bonds. The van der Waals surface area contributed by atoms with Crippen molar-refractivity contribution < 1.29 is 23.9 Å². The third-order valence-electron chi connectivity index (χ3n) is 6.65. The third-order valence-corrected chi connectivity index (χ3v) is 6.65. The first-order chi connectivity index (χ1) is 14.5. The van der Waals surface area contributed by atoms with E-state index in [-0.39, 0.29) is 17.7 Å². The van der Waals surface area contributed by atoms with Gasteiger partial charge in [0.25, 0.3) is 5.91 Å². The number of amides is 5. The number of ether oxygens (including phenoxy) is 1. The molecule has 3 aliphatic rings. The minimum Gasteiger partial charge on any atom is -0.444 e. The Balaban J connectivity index is 1.57. The third kappa shape index (κ3) is 5.89. The van der Waals surface area contributed by atoms with Crippen LogP contribution in [0.25, 0.3) is 0 Å². The van der Waals surface area contributed by atoms with Crippen LogP contribution in [0.4, 0.5) is 9.59 Å². The maximum atomic E-state index is 12.9. The van der Waals surface area contributed by atoms with Crippen LogP contribution in [0.15, 0.2) is 0 Å². The fourth-order valence-electron chi connectivity index (χ4n) is 4.93. The predicted octanol–water partition coefficient (Wildman–Crippen LogP) is 2.49. The molecule has 1 spiro atoms. The first-order valence-electron chi connectivity index (χ1n) is 11.5. The number of imide groups is 1. The number of hydrogen-bond donors (Lipinski definition) is 4. The second-order valence-corrected chi connectivity index (χ2v) is 10.3. The summed E-state index contributed by atoms with van der Waals surface area (Å²) in [6, 6.07) is -0.462. The average molecular weight is 437 g/mol. The van der Waals surface area contributed by atoms with Gasteiger partial charge in [-0.15, -0.1) is 0 Å². The molecule has 0 aromatic heterocycles. The first-order valence-corrected chi connectivity index (χ1v) is 11.5. The molecule has 0 atom stereocenters. The maximum Gasteiger partial charge on any atom is 0.408 e. The highest BCUT2D eigenvalue weighted by atomic mass is 16.6. The Morgan fingerprint density at radius 2 is 1.65 bits per heavy atom. The summed E-state index contributed by atoms with van der Waals surface area (Å²) >= 11 is 0. The zero-order chi connectivity index (χ0) is 22.7. The van der Waals surface area contributed by atoms with Crippen molar-refractivity contribution in [2.24, 2.45) is 5.92 Å². The van der Waals surface area contributed by atoms with Crippen LogP contribution >= 0.6 is 0 Å². The molecule has 0 aromatic carbocycles. The molecule has 1 heterocycles. The lowest BCUT2D eigenvalue weighted by Gasteiger charge is -2.37. The number of alkyl carbamates (subject to hydrolysis) is 1. The molecule has 0 aromatic rings. The lowest BCUT2D eigenvalue weighted by molar-refractivity contribution is -0.130. The van der Waals surface area contributed by atoms with E-state index in [1.165, 1.54) is 0 Å². The molecule has 2 aliphatic carbocycles. The summed E-state index contributed by atoms with van der Waals surface area (Å²) in [4.78, 5) is 49.0. The van der Waals surface area contributed by atoms with Gasteiger partial charge in [0.05, 0.1) is 5.54 Å². The Kier molecular flexibility index (Phi) is 6.81. The lowest BCUT2D eigenvalue weighted by atomic mass is 9.76. The Morgan fingerprint density at radius 3 is 2.16 bits per heavy atom. The quantitative estimate of drug-likeness (QED) is 0.398. The van der Waals surface area contributed by atoms with Gasteiger partial charge < -0.3 is 20.7 Å². The average Bonchev–Trinajstić information content (AvgIpc) is 2.83. The van der Waals surface area contributed by atoms with Crippen molar-refractivity contribution in [1.82, 2.24) is 21.3 Å². The van der Waals surface area contributed by atoms with Crippen molar-refractivity contribution >= 4 is 23.9 Å². The summed E-state index contributed by atoms with van der Waals surface area (Å²) in [5, 5.41) is 11.1. The number of rotatable bonds is 4. The van der Waals surface area contributed by atoms with Gasteiger partial charge in [-0.25, -0.2) is 9.59 Å². The van der Waals surface area contributed by atoms with E-state index < -0.39 is 28.8 Å². The number of urea groups is 1. The van der Waals surface area contributed by atoms with Crippen molar-refractivity contribution in [3.63, 3.8) is 0 Å². The number of nitrogens with one attached hydrogen (secondary N) is 4. The highest BCUT2D eigenvalue weighted by Gasteiger charge is 2.49. The molecule has 0 unspecified atom stereocenters. The highest BCUT2D eigenvalue weighted by Crippen LogP contribution is 2.34. The summed E-state index contributed by atoms with van der Waals surface area (Å²) in [7, 11) is 0. The van der Waals surface area contributed by atoms with E-state index >= 15 is 0 Å². The monoisotopic (exact) mass is 436 g/mol. The Labute approximate surface area is 183 Å². The van der Waals surface area contributed by atoms with Crippen LogP contribution in [-0.4, -0.2) is 47.2 Å². The summed E-state index contributed by atoms with van der Waals surface area (Å²) in [6.45, 7) is 5.86. The molecule has 1 aliphatic heterocycles. The lowest BCUT2D eigenvalue weighted by Crippen LogP contribution is -2.57. The molecule has 3 fully saturated rings. The van der Waals surface area contributed by atoms with Gasteiger partial charge in [-0.2, -0.15) is 0 Å². The Morgan fingerprint density at radius 1 is 1.03 bits per heavy atom. The molecule has 0 radical (unpaired) electrons. The van der Waals surface area contributed by atoms with Crippen LogP contribution < -0.4 is 21.3 Å². The van der Waals surface area contributed by atoms with E-state index in [0.717, 1.165) is 38.5 Å². The summed E-state index contributed by atoms with van der Waals surface area (Å²) < 4.78 is 5.47. The topological polar surface area (TPSA) is 126 Å². The fourth-order valence-corrected chi connectivity index (χ4v) is 4.93. The molecule has 9 nitrogen and oxygen atoms in total. The Bertz CT molecular complexity index is 714. The molecular weight excluding hydrogens is 400 g/mol. The standard InChI is InChI=1S/C22H36N4O5/c1-20(2,3)31-19(30)26-21(10-6-4-5-7-11-21)14-23-16(27)15-8-12-22(13-9-15)17(28)24-18(29)25-22/h15H,4-14H2,1-3H3,(H,23,27)(H,26,30)(H2,24,25,28,29). The van der Waals surface area contributed by atoms with Crippen molar-refractivity contribution in [3.05, 3.63) is 0 Å². The molecule has 2 saturated carbocycles. The number of hydrogen-bond acceptors (Lipinski definition) is 5. The minimum atomic E-state index is -0.866. The van der Waals surface area contributed by atoms with Crippen molar-refractivity contribution in [3.8, 4) is 0 Å². The predicted molar refractivity (Wildman–Crippen MR) is 114 cm³/mol. The zero-order valence-corrected chi connectivity index (χ0v) is 18.9. The van der Waals surface area contributed by atoms with Crippen LogP contribution in [0.2, 0.25) is 0 Å². The van der Waals surface area contributed by atoms with Gasteiger partial charge in [0.15, 0.2) is 0 Å². The van der Waals surface area contributed by atoms with Crippen LogP contribution in [0.1, 0.15) is 85.0 Å². The van der Waals surface area contributed by atoms with Gasteiger partial charge in [0.2, 0.25) is 5.91 Å². The van der Waals surface area contributed by atoms with E-state index in [1.54, 1.807) is 0 Å². The fraction of sp³-hybridized carbons (Fsp3) is 0.818. The second-order valence-electron chi connectivity index (χ2n) is 10.3. The van der Waals surface area contributed by atoms with E-state index in [4.69, 9.17) is 4.74 Å². The van der Waals surface area contributed by atoms with Crippen LogP contribution in [0.5, 0.6) is 0 Å². The zero-order valence-electron chi connectivity index (χ0n) is 18.9. The summed E-state index contributed by atoms with van der Waals surface area (Å²) in [6.07, 6.45) is 7.32. The van der Waals surface area contributed by atoms with Crippen molar-refractivity contribution in [2.45, 2.75) is 102 Å². The van der Waals surface area contributed by atoms with Crippen LogP contribution in [-0.2, 0) is 14.3 Å². The molecule has 1 saturated heterocycles. The summed E-state index contributed by atoms with van der Waals surface area (Å²) in [5.41, 5.74) is -1.96. The molecule has 3 rings (SSSR count). The molecular formula is C22H36N4O5. The molecule has 4 N–H and O–H groups in total. The highest BCUT2D eigenvalue weighted by molar-refractivity contribution is 6.07. The Hall–Kier alpha value is -2.32. The minimum absolute atomic E-state index is 0.0609. The van der Waals surface area contributed by atoms with Gasteiger partial charge in [0.1, 0.15) is 11.1 Å². The van der Waals surface area contributed by atoms with E-state index in [2.05, 4.69) is 21.3 Å². The molecule has 0 bridgehead atoms. The van der Waals surface area contributed by atoms with Gasteiger partial charge in [-0.05, 0) is 59.3 Å². The largest absolute Gasteiger partial charge is 0.444 e. The van der Waals surface area contributed by atoms with Gasteiger partial charge in [-0.1, -0.05) is 25.7 Å². The van der Waals surface area contributed by atoms with Crippen molar-refractivity contribution in [1.29, 1.82) is 0 Å². The van der Waals surface area contributed by atoms with E-state index in [1.807, 2.05) is 20.8 Å². The summed E-state index contributed by atoms with van der Waals surface area (Å²) in [5.74, 6) is -0.565. The number of carbonyl (C=O) groups is 4. The second kappa shape index (κ2) is 9.04. The van der Waals surface area contributed by atoms with E-state index in [0.29, 0.717) is 32.2 Å². The van der Waals surface area contributed by atoms with Crippen LogP contribution in [0.3, 0.4) is 0 Å². The van der Waals surface area contributed by atoms with Gasteiger partial charge in [-0.3, -0.25) is 14.9 Å². The van der Waals surface area contributed by atoms with Gasteiger partial charge in [0, 0.05) is 12.5 Å². The van der Waals surface area contributed by atoms with Crippen molar-refractivity contribution in [2.75, 3.05) is 6.54 Å². The van der Waals surface area contributed by atoms with Crippen LogP contribution in [0, 0.1) is 5.92 Å². The van der Waals surface area contributed by atoms with E-state index in [9.17, 15) is 19.2 Å². The smallest absolute Gasteiger partial charge is 0.408 e. The molecule has 174 valence electrons. The SMILES string of the molecule is CC(C)(C)OC(=O)NC1(CNC(=O)C2CCC3(CC2)NC(=O)NC3=O)CCCCCC1. The first kappa shape index (κ1) is 23.3. The van der Waals surface area contributed by atoms with Gasteiger partial charge >= 0.3 is 12.1 Å².